The second-order valence-electron chi connectivity index (χ2n) is 4.64. The molecule has 118 valence electrons. The first-order valence-corrected chi connectivity index (χ1v) is 8.26. The number of aryl methyl sites for hydroxylation is 1. The zero-order valence-electron chi connectivity index (χ0n) is 13.0. The van der Waals surface area contributed by atoms with Crippen LogP contribution in [0.25, 0.3) is 0 Å². The zero-order chi connectivity index (χ0) is 15.6. The summed E-state index contributed by atoms with van der Waals surface area (Å²) < 4.78 is 5.65. The number of nitrogens with one attached hydrogen (secondary N) is 2. The van der Waals surface area contributed by atoms with Crippen molar-refractivity contribution in [1.82, 2.24) is 15.6 Å². The molecule has 0 bridgehead atoms. The van der Waals surface area contributed by atoms with Crippen LogP contribution in [0.15, 0.2) is 40.8 Å². The Morgan fingerprint density at radius 1 is 1.27 bits per heavy atom. The van der Waals surface area contributed by atoms with Gasteiger partial charge in [0.05, 0.1) is 24.3 Å². The highest BCUT2D eigenvalue weighted by Gasteiger charge is 2.02. The normalized spacial score (nSPS) is 11.3. The standard InChI is InChI=1S/C16H22N4OS/c1-3-17-16(19-11-15-13(2)20-12-22-15)18-9-10-21-14-7-5-4-6-8-14/h4-8,12H,3,9-11H2,1-2H3,(H2,17,18,19). The van der Waals surface area contributed by atoms with E-state index in [1.165, 1.54) is 4.88 Å². The number of aromatic nitrogens is 1. The quantitative estimate of drug-likeness (QED) is 0.468. The number of aliphatic imine (C=N–C) groups is 1. The summed E-state index contributed by atoms with van der Waals surface area (Å²) in [6, 6.07) is 9.80. The fraction of sp³-hybridized carbons (Fsp3) is 0.375. The molecule has 0 radical (unpaired) electrons. The van der Waals surface area contributed by atoms with Crippen molar-refractivity contribution in [2.75, 3.05) is 19.7 Å². The van der Waals surface area contributed by atoms with Crippen molar-refractivity contribution in [3.63, 3.8) is 0 Å². The van der Waals surface area contributed by atoms with E-state index >= 15 is 0 Å². The Morgan fingerprint density at radius 3 is 2.77 bits per heavy atom. The number of ether oxygens (including phenoxy) is 1. The number of benzene rings is 1. The van der Waals surface area contributed by atoms with Crippen molar-refractivity contribution in [3.8, 4) is 5.75 Å². The van der Waals surface area contributed by atoms with E-state index in [-0.39, 0.29) is 0 Å². The number of nitrogens with zero attached hydrogens (tertiary/aromatic N) is 2. The summed E-state index contributed by atoms with van der Waals surface area (Å²) in [4.78, 5) is 10.0. The van der Waals surface area contributed by atoms with Crippen LogP contribution in [0.5, 0.6) is 5.75 Å². The molecule has 0 aliphatic rings. The predicted molar refractivity (Wildman–Crippen MR) is 91.6 cm³/mol. The van der Waals surface area contributed by atoms with Crippen molar-refractivity contribution in [1.29, 1.82) is 0 Å². The van der Waals surface area contributed by atoms with Gasteiger partial charge in [-0.1, -0.05) is 18.2 Å². The number of para-hydroxylation sites is 1. The average Bonchev–Trinajstić information content (AvgIpc) is 2.95. The minimum Gasteiger partial charge on any atom is -0.492 e. The van der Waals surface area contributed by atoms with Gasteiger partial charge in [-0.3, -0.25) is 0 Å². The van der Waals surface area contributed by atoms with Crippen LogP contribution < -0.4 is 15.4 Å². The molecule has 0 saturated carbocycles. The topological polar surface area (TPSA) is 58.5 Å². The fourth-order valence-corrected chi connectivity index (χ4v) is 2.53. The van der Waals surface area contributed by atoms with E-state index in [4.69, 9.17) is 4.74 Å². The van der Waals surface area contributed by atoms with Gasteiger partial charge in [0.15, 0.2) is 5.96 Å². The molecule has 0 unspecified atom stereocenters. The first kappa shape index (κ1) is 16.3. The molecule has 6 heteroatoms. The highest BCUT2D eigenvalue weighted by atomic mass is 32.1. The second kappa shape index (κ2) is 9.04. The van der Waals surface area contributed by atoms with Crippen molar-refractivity contribution < 1.29 is 4.74 Å². The van der Waals surface area contributed by atoms with Gasteiger partial charge in [-0.2, -0.15) is 0 Å². The lowest BCUT2D eigenvalue weighted by Gasteiger charge is -2.12. The van der Waals surface area contributed by atoms with Gasteiger partial charge in [-0.15, -0.1) is 11.3 Å². The van der Waals surface area contributed by atoms with Gasteiger partial charge in [-0.05, 0) is 26.0 Å². The maximum absolute atomic E-state index is 5.65. The summed E-state index contributed by atoms with van der Waals surface area (Å²) in [5.41, 5.74) is 2.91. The minimum atomic E-state index is 0.591. The molecule has 1 heterocycles. The molecule has 0 aliphatic carbocycles. The van der Waals surface area contributed by atoms with Gasteiger partial charge >= 0.3 is 0 Å². The smallest absolute Gasteiger partial charge is 0.191 e. The Kier molecular flexibility index (Phi) is 6.70. The van der Waals surface area contributed by atoms with Crippen molar-refractivity contribution >= 4 is 17.3 Å². The van der Waals surface area contributed by atoms with Crippen LogP contribution in [-0.2, 0) is 6.54 Å². The van der Waals surface area contributed by atoms with E-state index < -0.39 is 0 Å². The molecule has 1 aromatic carbocycles. The third-order valence-corrected chi connectivity index (χ3v) is 3.90. The Bertz CT molecular complexity index is 583. The minimum absolute atomic E-state index is 0.591. The zero-order valence-corrected chi connectivity index (χ0v) is 13.8. The SMILES string of the molecule is CCNC(=NCc1scnc1C)NCCOc1ccccc1. The van der Waals surface area contributed by atoms with Crippen LogP contribution in [0.1, 0.15) is 17.5 Å². The van der Waals surface area contributed by atoms with Gasteiger partial charge < -0.3 is 15.4 Å². The van der Waals surface area contributed by atoms with Gasteiger partial charge in [-0.25, -0.2) is 9.98 Å². The van der Waals surface area contributed by atoms with Crippen LogP contribution in [0.4, 0.5) is 0 Å². The van der Waals surface area contributed by atoms with Crippen molar-refractivity contribution in [2.24, 2.45) is 4.99 Å². The van der Waals surface area contributed by atoms with E-state index in [2.05, 4.69) is 27.5 Å². The molecule has 2 aromatic rings. The first-order chi connectivity index (χ1) is 10.8. The Labute approximate surface area is 135 Å². The van der Waals surface area contributed by atoms with Gasteiger partial charge in [0.25, 0.3) is 0 Å². The largest absolute Gasteiger partial charge is 0.492 e. The molecule has 0 amide bonds. The fourth-order valence-electron chi connectivity index (χ4n) is 1.83. The number of guanidine groups is 1. The molecular weight excluding hydrogens is 296 g/mol. The summed E-state index contributed by atoms with van der Waals surface area (Å²) in [6.45, 7) is 6.82. The Balaban J connectivity index is 1.77. The van der Waals surface area contributed by atoms with Crippen LogP contribution in [0.3, 0.4) is 0 Å². The molecule has 0 atom stereocenters. The highest BCUT2D eigenvalue weighted by Crippen LogP contribution is 2.12. The van der Waals surface area contributed by atoms with Gasteiger partial charge in [0, 0.05) is 11.4 Å². The van der Waals surface area contributed by atoms with Crippen molar-refractivity contribution in [3.05, 3.63) is 46.4 Å². The second-order valence-corrected chi connectivity index (χ2v) is 5.58. The Hall–Kier alpha value is -2.08. The van der Waals surface area contributed by atoms with Gasteiger partial charge in [0.2, 0.25) is 0 Å². The number of hydrogen-bond acceptors (Lipinski definition) is 4. The molecule has 22 heavy (non-hydrogen) atoms. The highest BCUT2D eigenvalue weighted by molar-refractivity contribution is 7.09. The van der Waals surface area contributed by atoms with Crippen LogP contribution in [0.2, 0.25) is 0 Å². The third kappa shape index (κ3) is 5.37. The van der Waals surface area contributed by atoms with E-state index in [0.29, 0.717) is 19.7 Å². The van der Waals surface area contributed by atoms with Crippen LogP contribution in [0, 0.1) is 6.92 Å². The lowest BCUT2D eigenvalue weighted by atomic mass is 10.3. The van der Waals surface area contributed by atoms with E-state index in [9.17, 15) is 0 Å². The summed E-state index contributed by atoms with van der Waals surface area (Å²) in [6.07, 6.45) is 0. The molecular formula is C16H22N4OS. The molecule has 2 N–H and O–H groups in total. The maximum atomic E-state index is 5.65. The number of hydrogen-bond donors (Lipinski definition) is 2. The molecule has 2 rings (SSSR count). The summed E-state index contributed by atoms with van der Waals surface area (Å²) in [7, 11) is 0. The van der Waals surface area contributed by atoms with E-state index in [0.717, 1.165) is 23.9 Å². The molecule has 0 fully saturated rings. The predicted octanol–water partition coefficient (Wildman–Crippen LogP) is 2.59. The maximum Gasteiger partial charge on any atom is 0.191 e. The molecule has 0 spiro atoms. The third-order valence-electron chi connectivity index (χ3n) is 2.98. The molecule has 5 nitrogen and oxygen atoms in total. The van der Waals surface area contributed by atoms with E-state index in [1.807, 2.05) is 42.8 Å². The molecule has 0 saturated heterocycles. The Morgan fingerprint density at radius 2 is 2.09 bits per heavy atom. The number of thiazole rings is 1. The lowest BCUT2D eigenvalue weighted by Crippen LogP contribution is -2.39. The van der Waals surface area contributed by atoms with Crippen molar-refractivity contribution in [2.45, 2.75) is 20.4 Å². The summed E-state index contributed by atoms with van der Waals surface area (Å²) >= 11 is 1.64. The number of rotatable bonds is 7. The van der Waals surface area contributed by atoms with Crippen LogP contribution >= 0.6 is 11.3 Å². The average molecular weight is 318 g/mol. The molecule has 1 aromatic heterocycles. The monoisotopic (exact) mass is 318 g/mol. The molecule has 0 aliphatic heterocycles. The lowest BCUT2D eigenvalue weighted by molar-refractivity contribution is 0.322. The summed E-state index contributed by atoms with van der Waals surface area (Å²) in [5, 5.41) is 6.50. The first-order valence-electron chi connectivity index (χ1n) is 7.38. The van der Waals surface area contributed by atoms with E-state index in [1.54, 1.807) is 11.3 Å². The summed E-state index contributed by atoms with van der Waals surface area (Å²) in [5.74, 6) is 1.68. The van der Waals surface area contributed by atoms with Gasteiger partial charge in [0.1, 0.15) is 12.4 Å². The van der Waals surface area contributed by atoms with Crippen LogP contribution in [-0.4, -0.2) is 30.6 Å².